The van der Waals surface area contributed by atoms with Crippen LogP contribution in [0.2, 0.25) is 0 Å². The Morgan fingerprint density at radius 2 is 1.96 bits per heavy atom. The van der Waals surface area contributed by atoms with Crippen molar-refractivity contribution in [2.24, 2.45) is 0 Å². The summed E-state index contributed by atoms with van der Waals surface area (Å²) in [6, 6.07) is 9.36. The predicted octanol–water partition coefficient (Wildman–Crippen LogP) is 3.25. The minimum Gasteiger partial charge on any atom is -0.388 e. The van der Waals surface area contributed by atoms with Crippen molar-refractivity contribution in [3.05, 3.63) is 65.7 Å². The molecule has 0 bridgehead atoms. The highest BCUT2D eigenvalue weighted by atomic mass is 19.1. The van der Waals surface area contributed by atoms with E-state index in [1.54, 1.807) is 30.4 Å². The molecule has 1 aromatic carbocycles. The molecule has 23 heavy (non-hydrogen) atoms. The topological polar surface area (TPSA) is 53.4 Å². The van der Waals surface area contributed by atoms with Gasteiger partial charge in [0, 0.05) is 19.4 Å². The van der Waals surface area contributed by atoms with Crippen LogP contribution in [-0.4, -0.2) is 27.9 Å². The summed E-state index contributed by atoms with van der Waals surface area (Å²) in [5, 5.41) is 10.2. The second kappa shape index (κ2) is 7.83. The van der Waals surface area contributed by atoms with E-state index in [4.69, 9.17) is 0 Å². The summed E-state index contributed by atoms with van der Waals surface area (Å²) >= 11 is 0. The first-order chi connectivity index (χ1) is 11.0. The zero-order valence-corrected chi connectivity index (χ0v) is 13.3. The number of carbonyl (C=O) groups excluding carboxylic acids is 1. The van der Waals surface area contributed by atoms with Crippen LogP contribution >= 0.6 is 0 Å². The zero-order chi connectivity index (χ0) is 16.8. The van der Waals surface area contributed by atoms with Crippen molar-refractivity contribution in [2.45, 2.75) is 31.9 Å². The molecule has 5 heteroatoms. The summed E-state index contributed by atoms with van der Waals surface area (Å²) in [7, 11) is 1.72. The third-order valence-corrected chi connectivity index (χ3v) is 3.94. The summed E-state index contributed by atoms with van der Waals surface area (Å²) in [6.07, 6.45) is 3.04. The molecule has 4 nitrogen and oxygen atoms in total. The third kappa shape index (κ3) is 4.36. The van der Waals surface area contributed by atoms with Gasteiger partial charge in [-0.05, 0) is 41.8 Å². The second-order valence-corrected chi connectivity index (χ2v) is 5.48. The van der Waals surface area contributed by atoms with Gasteiger partial charge < -0.3 is 10.0 Å². The number of hydrogen-bond donors (Lipinski definition) is 1. The van der Waals surface area contributed by atoms with Gasteiger partial charge in [0.15, 0.2) is 0 Å². The van der Waals surface area contributed by atoms with Gasteiger partial charge in [0.05, 0.1) is 18.6 Å². The number of halogens is 1. The van der Waals surface area contributed by atoms with E-state index in [2.05, 4.69) is 4.98 Å². The van der Waals surface area contributed by atoms with Crippen LogP contribution in [0.3, 0.4) is 0 Å². The van der Waals surface area contributed by atoms with Crippen molar-refractivity contribution in [1.29, 1.82) is 0 Å². The van der Waals surface area contributed by atoms with Crippen molar-refractivity contribution in [2.75, 3.05) is 7.05 Å². The van der Waals surface area contributed by atoms with Crippen LogP contribution in [0.1, 0.15) is 43.0 Å². The molecule has 0 saturated heterocycles. The minimum absolute atomic E-state index is 0.0785. The maximum atomic E-state index is 13.2. The summed E-state index contributed by atoms with van der Waals surface area (Å²) in [4.78, 5) is 18.0. The van der Waals surface area contributed by atoms with Gasteiger partial charge >= 0.3 is 0 Å². The first-order valence-corrected chi connectivity index (χ1v) is 7.62. The molecule has 2 rings (SSSR count). The summed E-state index contributed by atoms with van der Waals surface area (Å²) in [5.41, 5.74) is 1.40. The van der Waals surface area contributed by atoms with Crippen LogP contribution in [0, 0.1) is 5.82 Å². The number of hydrogen-bond acceptors (Lipinski definition) is 3. The highest BCUT2D eigenvalue weighted by Crippen LogP contribution is 2.25. The maximum absolute atomic E-state index is 13.2. The first kappa shape index (κ1) is 17.1. The molecule has 0 aliphatic carbocycles. The van der Waals surface area contributed by atoms with Crippen LogP contribution in [0.4, 0.5) is 4.39 Å². The van der Waals surface area contributed by atoms with Crippen molar-refractivity contribution in [3.63, 3.8) is 0 Å². The molecule has 0 saturated carbocycles. The molecule has 0 radical (unpaired) electrons. The fourth-order valence-electron chi connectivity index (χ4n) is 2.63. The van der Waals surface area contributed by atoms with Gasteiger partial charge in [0.2, 0.25) is 5.91 Å². The lowest BCUT2D eigenvalue weighted by molar-refractivity contribution is -0.134. The first-order valence-electron chi connectivity index (χ1n) is 7.62. The number of amides is 1. The van der Waals surface area contributed by atoms with E-state index in [-0.39, 0.29) is 18.4 Å². The fraction of sp³-hybridized carbons (Fsp3) is 0.333. The van der Waals surface area contributed by atoms with E-state index in [0.717, 1.165) is 12.0 Å². The van der Waals surface area contributed by atoms with Crippen molar-refractivity contribution in [3.8, 4) is 0 Å². The molecule has 0 aliphatic rings. The van der Waals surface area contributed by atoms with E-state index >= 15 is 0 Å². The van der Waals surface area contributed by atoms with Gasteiger partial charge in [-0.15, -0.1) is 0 Å². The Labute approximate surface area is 135 Å². The SMILES string of the molecule is CCC(c1ccncc1)N(C)C(=O)CC(O)c1cccc(F)c1. The summed E-state index contributed by atoms with van der Waals surface area (Å²) in [6.45, 7) is 2.00. The highest BCUT2D eigenvalue weighted by Gasteiger charge is 2.23. The predicted molar refractivity (Wildman–Crippen MR) is 86.0 cm³/mol. The molecule has 1 heterocycles. The number of carbonyl (C=O) groups is 1. The largest absolute Gasteiger partial charge is 0.388 e. The Morgan fingerprint density at radius 1 is 1.26 bits per heavy atom. The van der Waals surface area contributed by atoms with Crippen molar-refractivity contribution in [1.82, 2.24) is 9.88 Å². The van der Waals surface area contributed by atoms with Gasteiger partial charge in [-0.3, -0.25) is 9.78 Å². The molecule has 2 aromatic rings. The average molecular weight is 316 g/mol. The maximum Gasteiger partial charge on any atom is 0.225 e. The molecule has 1 amide bonds. The Hall–Kier alpha value is -2.27. The smallest absolute Gasteiger partial charge is 0.225 e. The van der Waals surface area contributed by atoms with Crippen LogP contribution in [0.25, 0.3) is 0 Å². The Kier molecular flexibility index (Phi) is 5.82. The molecule has 122 valence electrons. The summed E-state index contributed by atoms with van der Waals surface area (Å²) in [5.74, 6) is -0.615. The van der Waals surface area contributed by atoms with E-state index in [1.807, 2.05) is 19.1 Å². The number of benzene rings is 1. The zero-order valence-electron chi connectivity index (χ0n) is 13.3. The Balaban J connectivity index is 2.07. The Bertz CT molecular complexity index is 648. The molecule has 2 unspecified atom stereocenters. The minimum atomic E-state index is -1.02. The van der Waals surface area contributed by atoms with Crippen LogP contribution < -0.4 is 0 Å². The number of rotatable bonds is 6. The van der Waals surface area contributed by atoms with Gasteiger partial charge in [0.25, 0.3) is 0 Å². The van der Waals surface area contributed by atoms with Crippen LogP contribution in [0.5, 0.6) is 0 Å². The van der Waals surface area contributed by atoms with E-state index in [9.17, 15) is 14.3 Å². The normalized spacial score (nSPS) is 13.4. The van der Waals surface area contributed by atoms with Crippen molar-refractivity contribution >= 4 is 5.91 Å². The molecular formula is C18H21FN2O2. The lowest BCUT2D eigenvalue weighted by Crippen LogP contribution is -2.32. The molecule has 0 fully saturated rings. The average Bonchev–Trinajstić information content (AvgIpc) is 2.56. The standard InChI is InChI=1S/C18H21FN2O2/c1-3-16(13-7-9-20-10-8-13)21(2)18(23)12-17(22)14-5-4-6-15(19)11-14/h4-11,16-17,22H,3,12H2,1-2H3. The number of pyridine rings is 1. The van der Waals surface area contributed by atoms with E-state index in [0.29, 0.717) is 5.56 Å². The molecule has 1 aromatic heterocycles. The van der Waals surface area contributed by atoms with Crippen LogP contribution in [0.15, 0.2) is 48.8 Å². The quantitative estimate of drug-likeness (QED) is 0.890. The van der Waals surface area contributed by atoms with E-state index < -0.39 is 11.9 Å². The molecule has 0 aliphatic heterocycles. The molecule has 2 atom stereocenters. The Morgan fingerprint density at radius 3 is 2.57 bits per heavy atom. The lowest BCUT2D eigenvalue weighted by Gasteiger charge is -2.28. The molecular weight excluding hydrogens is 295 g/mol. The van der Waals surface area contributed by atoms with Crippen LogP contribution in [-0.2, 0) is 4.79 Å². The highest BCUT2D eigenvalue weighted by molar-refractivity contribution is 5.77. The number of aliphatic hydroxyl groups is 1. The van der Waals surface area contributed by atoms with Gasteiger partial charge in [-0.1, -0.05) is 19.1 Å². The number of aromatic nitrogens is 1. The van der Waals surface area contributed by atoms with Gasteiger partial charge in [0.1, 0.15) is 5.82 Å². The van der Waals surface area contributed by atoms with Gasteiger partial charge in [-0.25, -0.2) is 4.39 Å². The molecule has 0 spiro atoms. The number of aliphatic hydroxyl groups excluding tert-OH is 1. The monoisotopic (exact) mass is 316 g/mol. The van der Waals surface area contributed by atoms with E-state index in [1.165, 1.54) is 18.2 Å². The van der Waals surface area contributed by atoms with Crippen molar-refractivity contribution < 1.29 is 14.3 Å². The second-order valence-electron chi connectivity index (χ2n) is 5.48. The lowest BCUT2D eigenvalue weighted by atomic mass is 10.0. The third-order valence-electron chi connectivity index (χ3n) is 3.94. The molecule has 1 N–H and O–H groups in total. The number of nitrogens with zero attached hydrogens (tertiary/aromatic N) is 2. The van der Waals surface area contributed by atoms with Gasteiger partial charge in [-0.2, -0.15) is 0 Å². The fourth-order valence-corrected chi connectivity index (χ4v) is 2.63. The summed E-state index contributed by atoms with van der Waals surface area (Å²) < 4.78 is 13.2.